The fraction of sp³-hybridized carbons (Fsp3) is 0.200. The maximum atomic E-state index is 2.12. The Labute approximate surface area is 72.1 Å². The summed E-state index contributed by atoms with van der Waals surface area (Å²) in [7, 11) is 4.09. The molecule has 0 fully saturated rings. The molecule has 2 aromatic heterocycles. The van der Waals surface area contributed by atoms with Crippen molar-refractivity contribution in [2.75, 3.05) is 0 Å². The molecule has 0 aromatic carbocycles. The molecule has 2 aromatic rings. The van der Waals surface area contributed by atoms with Crippen molar-refractivity contribution in [1.82, 2.24) is 9.13 Å². The predicted molar refractivity (Wildman–Crippen MR) is 49.8 cm³/mol. The Morgan fingerprint density at radius 2 is 1.92 bits per heavy atom. The summed E-state index contributed by atoms with van der Waals surface area (Å²) in [4.78, 5) is 0. The van der Waals surface area contributed by atoms with Gasteiger partial charge in [0.25, 0.3) is 0 Å². The van der Waals surface area contributed by atoms with Gasteiger partial charge in [-0.2, -0.15) is 0 Å². The first-order chi connectivity index (χ1) is 5.77. The molecule has 0 atom stereocenters. The Kier molecular flexibility index (Phi) is 1.54. The minimum absolute atomic E-state index is 1.26. The Morgan fingerprint density at radius 3 is 2.42 bits per heavy atom. The van der Waals surface area contributed by atoms with E-state index in [-0.39, 0.29) is 0 Å². The van der Waals surface area contributed by atoms with Gasteiger partial charge in [0.1, 0.15) is 0 Å². The molecule has 0 aliphatic heterocycles. The number of rotatable bonds is 1. The van der Waals surface area contributed by atoms with Crippen LogP contribution in [0.3, 0.4) is 0 Å². The Balaban J connectivity index is 2.50. The molecule has 2 heterocycles. The largest absolute Gasteiger partial charge is 0.357 e. The third kappa shape index (κ3) is 1.05. The van der Waals surface area contributed by atoms with Crippen molar-refractivity contribution in [3.8, 4) is 11.3 Å². The highest BCUT2D eigenvalue weighted by Gasteiger charge is 2.00. The van der Waals surface area contributed by atoms with Gasteiger partial charge in [0.15, 0.2) is 0 Å². The van der Waals surface area contributed by atoms with Crippen molar-refractivity contribution < 1.29 is 0 Å². The molecule has 2 nitrogen and oxygen atoms in total. The molecule has 0 amide bonds. The molecule has 0 aliphatic carbocycles. The van der Waals surface area contributed by atoms with Gasteiger partial charge in [0.05, 0.1) is 0 Å². The third-order valence-corrected chi connectivity index (χ3v) is 2.07. The molecule has 62 valence electrons. The quantitative estimate of drug-likeness (QED) is 0.604. The van der Waals surface area contributed by atoms with Crippen molar-refractivity contribution in [3.05, 3.63) is 36.8 Å². The summed E-state index contributed by atoms with van der Waals surface area (Å²) >= 11 is 0. The van der Waals surface area contributed by atoms with Crippen molar-refractivity contribution in [2.45, 2.75) is 0 Å². The van der Waals surface area contributed by atoms with Gasteiger partial charge in [0.2, 0.25) is 0 Å². The zero-order chi connectivity index (χ0) is 8.55. The number of aromatic nitrogens is 2. The predicted octanol–water partition coefficient (Wildman–Crippen LogP) is 2.03. The molecule has 0 unspecified atom stereocenters. The van der Waals surface area contributed by atoms with Crippen LogP contribution in [0, 0.1) is 0 Å². The molecule has 2 heteroatoms. The zero-order valence-corrected chi connectivity index (χ0v) is 7.36. The van der Waals surface area contributed by atoms with Gasteiger partial charge in [-0.15, -0.1) is 0 Å². The molecule has 0 radical (unpaired) electrons. The van der Waals surface area contributed by atoms with Gasteiger partial charge in [-0.05, 0) is 18.2 Å². The number of nitrogens with zero attached hydrogens (tertiary/aromatic N) is 2. The first-order valence-electron chi connectivity index (χ1n) is 4.01. The molecule has 0 saturated carbocycles. The first kappa shape index (κ1) is 7.22. The van der Waals surface area contributed by atoms with E-state index in [2.05, 4.69) is 53.0 Å². The van der Waals surface area contributed by atoms with E-state index in [1.165, 1.54) is 11.3 Å². The number of hydrogen-bond donors (Lipinski definition) is 0. The van der Waals surface area contributed by atoms with Gasteiger partial charge >= 0.3 is 0 Å². The van der Waals surface area contributed by atoms with E-state index in [1.54, 1.807) is 0 Å². The number of hydrogen-bond acceptors (Lipinski definition) is 0. The molecule has 0 aliphatic rings. The second-order valence-electron chi connectivity index (χ2n) is 3.07. The van der Waals surface area contributed by atoms with Crippen LogP contribution in [0.1, 0.15) is 0 Å². The van der Waals surface area contributed by atoms with Crippen LogP contribution in [0.5, 0.6) is 0 Å². The summed E-state index contributed by atoms with van der Waals surface area (Å²) in [5, 5.41) is 0. The second kappa shape index (κ2) is 2.55. The molecule has 0 saturated heterocycles. The van der Waals surface area contributed by atoms with E-state index < -0.39 is 0 Å². The Morgan fingerprint density at radius 1 is 1.08 bits per heavy atom. The molecule has 0 bridgehead atoms. The summed E-state index contributed by atoms with van der Waals surface area (Å²) in [5.41, 5.74) is 2.53. The molecular weight excluding hydrogens is 148 g/mol. The average Bonchev–Trinajstić information content (AvgIpc) is 2.58. The minimum atomic E-state index is 1.26. The van der Waals surface area contributed by atoms with E-state index in [0.29, 0.717) is 0 Å². The zero-order valence-electron chi connectivity index (χ0n) is 7.36. The van der Waals surface area contributed by atoms with Crippen LogP contribution in [-0.2, 0) is 14.1 Å². The van der Waals surface area contributed by atoms with Crippen LogP contribution < -0.4 is 0 Å². The van der Waals surface area contributed by atoms with Crippen LogP contribution >= 0.6 is 0 Å². The standard InChI is InChI=1S/C10H12N2/c1-11-7-5-9(8-11)10-4-3-6-12(10)2/h3-8H,1-2H3. The normalized spacial score (nSPS) is 10.5. The summed E-state index contributed by atoms with van der Waals surface area (Å²) in [6.07, 6.45) is 6.24. The van der Waals surface area contributed by atoms with E-state index in [0.717, 1.165) is 0 Å². The highest BCUT2D eigenvalue weighted by Crippen LogP contribution is 2.18. The van der Waals surface area contributed by atoms with Crippen LogP contribution in [0.2, 0.25) is 0 Å². The van der Waals surface area contributed by atoms with E-state index in [9.17, 15) is 0 Å². The SMILES string of the molecule is Cn1ccc(-c2cccn2C)c1. The minimum Gasteiger partial charge on any atom is -0.357 e. The lowest BCUT2D eigenvalue weighted by Crippen LogP contribution is -1.87. The van der Waals surface area contributed by atoms with Crippen molar-refractivity contribution in [3.63, 3.8) is 0 Å². The van der Waals surface area contributed by atoms with Crippen molar-refractivity contribution >= 4 is 0 Å². The van der Waals surface area contributed by atoms with Gasteiger partial charge < -0.3 is 9.13 Å². The fourth-order valence-electron chi connectivity index (χ4n) is 1.42. The second-order valence-corrected chi connectivity index (χ2v) is 3.07. The van der Waals surface area contributed by atoms with Gasteiger partial charge in [-0.3, -0.25) is 0 Å². The highest BCUT2D eigenvalue weighted by atomic mass is 14.9. The lowest BCUT2D eigenvalue weighted by atomic mass is 10.2. The van der Waals surface area contributed by atoms with Gasteiger partial charge in [-0.25, -0.2) is 0 Å². The summed E-state index contributed by atoms with van der Waals surface area (Å²) in [6.45, 7) is 0. The number of aryl methyl sites for hydroxylation is 2. The Hall–Kier alpha value is -1.44. The van der Waals surface area contributed by atoms with Crippen LogP contribution in [-0.4, -0.2) is 9.13 Å². The molecular formula is C10H12N2. The summed E-state index contributed by atoms with van der Waals surface area (Å²) in [5.74, 6) is 0. The van der Waals surface area contributed by atoms with Crippen LogP contribution in [0.15, 0.2) is 36.8 Å². The Bertz CT molecular complexity index is 382. The lowest BCUT2D eigenvalue weighted by molar-refractivity contribution is 0.919. The van der Waals surface area contributed by atoms with E-state index >= 15 is 0 Å². The smallest absolute Gasteiger partial charge is 0.0492 e. The summed E-state index contributed by atoms with van der Waals surface area (Å²) < 4.78 is 4.18. The lowest BCUT2D eigenvalue weighted by Gasteiger charge is -1.98. The highest BCUT2D eigenvalue weighted by molar-refractivity contribution is 5.59. The van der Waals surface area contributed by atoms with Gasteiger partial charge in [0, 0.05) is 43.9 Å². The molecule has 12 heavy (non-hydrogen) atoms. The third-order valence-electron chi connectivity index (χ3n) is 2.07. The maximum absolute atomic E-state index is 2.12. The van der Waals surface area contributed by atoms with E-state index in [1.807, 2.05) is 7.05 Å². The van der Waals surface area contributed by atoms with E-state index in [4.69, 9.17) is 0 Å². The molecule has 0 spiro atoms. The van der Waals surface area contributed by atoms with Gasteiger partial charge in [-0.1, -0.05) is 0 Å². The fourth-order valence-corrected chi connectivity index (χ4v) is 1.42. The van der Waals surface area contributed by atoms with Crippen LogP contribution in [0.4, 0.5) is 0 Å². The summed E-state index contributed by atoms with van der Waals surface area (Å²) in [6, 6.07) is 6.30. The monoisotopic (exact) mass is 160 g/mol. The first-order valence-corrected chi connectivity index (χ1v) is 4.01. The average molecular weight is 160 g/mol. The molecule has 2 rings (SSSR count). The maximum Gasteiger partial charge on any atom is 0.0492 e. The topological polar surface area (TPSA) is 9.86 Å². The molecule has 0 N–H and O–H groups in total. The van der Waals surface area contributed by atoms with Crippen LogP contribution in [0.25, 0.3) is 11.3 Å². The van der Waals surface area contributed by atoms with Crippen molar-refractivity contribution in [1.29, 1.82) is 0 Å². The van der Waals surface area contributed by atoms with Crippen molar-refractivity contribution in [2.24, 2.45) is 14.1 Å².